The van der Waals surface area contributed by atoms with Crippen LogP contribution < -0.4 is 28.4 Å². The lowest BCUT2D eigenvalue weighted by atomic mass is 9.78. The van der Waals surface area contributed by atoms with Crippen LogP contribution in [0, 0.1) is 5.92 Å². The van der Waals surface area contributed by atoms with Crippen molar-refractivity contribution in [2.24, 2.45) is 5.92 Å². The van der Waals surface area contributed by atoms with E-state index in [1.807, 2.05) is 48.5 Å². The predicted molar refractivity (Wildman–Crippen MR) is 240 cm³/mol. The minimum atomic E-state index is -0.801. The summed E-state index contributed by atoms with van der Waals surface area (Å²) >= 11 is 0. The van der Waals surface area contributed by atoms with Crippen LogP contribution in [0.1, 0.15) is 64.0 Å². The normalized spacial score (nSPS) is 11.0. The van der Waals surface area contributed by atoms with Gasteiger partial charge in [-0.1, -0.05) is 137 Å². The summed E-state index contributed by atoms with van der Waals surface area (Å²) in [4.78, 5) is 47.3. The van der Waals surface area contributed by atoms with Crippen LogP contribution in [0.2, 0.25) is 0 Å². The maximum Gasteiger partial charge on any atom is 0.519 e. The molecule has 6 aromatic rings. The summed E-state index contributed by atoms with van der Waals surface area (Å²) in [7, 11) is 0. The monoisotopic (exact) mass is 868 g/mol. The van der Waals surface area contributed by atoms with E-state index in [0.29, 0.717) is 47.7 Å². The number of ether oxygens (including phenoxy) is 8. The second-order valence-electron chi connectivity index (χ2n) is 14.8. The van der Waals surface area contributed by atoms with Crippen LogP contribution in [-0.2, 0) is 14.9 Å². The molecule has 0 N–H and O–H groups in total. The third kappa shape index (κ3) is 16.7. The minimum absolute atomic E-state index is 0.280. The summed E-state index contributed by atoms with van der Waals surface area (Å²) in [5.74, 6) is 2.80. The van der Waals surface area contributed by atoms with Crippen LogP contribution in [0.5, 0.6) is 34.5 Å². The Morgan fingerprint density at radius 3 is 1.09 bits per heavy atom. The molecule has 12 nitrogen and oxygen atoms in total. The van der Waals surface area contributed by atoms with Gasteiger partial charge in [0.1, 0.15) is 34.5 Å². The van der Waals surface area contributed by atoms with Crippen LogP contribution in [0.4, 0.5) is 19.2 Å². The average molecular weight is 869 g/mol. The molecule has 0 aliphatic carbocycles. The van der Waals surface area contributed by atoms with Gasteiger partial charge in [-0.3, -0.25) is 0 Å². The molecule has 0 amide bonds. The number of hydrogen-bond donors (Lipinski definition) is 0. The second kappa shape index (κ2) is 25.4. The van der Waals surface area contributed by atoms with Crippen molar-refractivity contribution in [3.8, 4) is 34.5 Å². The highest BCUT2D eigenvalue weighted by Gasteiger charge is 2.24. The first-order valence-electron chi connectivity index (χ1n) is 21.0. The maximum atomic E-state index is 12.0. The number of rotatable bonds is 17. The van der Waals surface area contributed by atoms with E-state index in [4.69, 9.17) is 37.9 Å². The molecule has 1 unspecified atom stereocenters. The Hall–Kier alpha value is -7.60. The molecule has 1 atom stereocenters. The average Bonchev–Trinajstić information content (AvgIpc) is 3.30. The van der Waals surface area contributed by atoms with E-state index in [-0.39, 0.29) is 11.3 Å². The molecule has 6 aromatic carbocycles. The van der Waals surface area contributed by atoms with Gasteiger partial charge in [0.05, 0.1) is 13.2 Å². The number of unbranched alkanes of at least 4 members (excludes halogenated alkanes) is 2. The number of carbonyl (C=O) groups excluding carboxylic acids is 4. The quantitative estimate of drug-likeness (QED) is 0.0489. The predicted octanol–water partition coefficient (Wildman–Crippen LogP) is 13.2. The molecular formula is C52H52O12. The third-order valence-corrected chi connectivity index (χ3v) is 9.82. The maximum absolute atomic E-state index is 12.0. The lowest BCUT2D eigenvalue weighted by Crippen LogP contribution is -2.19. The van der Waals surface area contributed by atoms with Gasteiger partial charge in [-0.25, -0.2) is 19.2 Å². The fraction of sp³-hybridized carbons (Fsp3) is 0.231. The van der Waals surface area contributed by atoms with Crippen molar-refractivity contribution in [2.75, 3.05) is 13.2 Å². The highest BCUT2D eigenvalue weighted by molar-refractivity contribution is 5.68. The Kier molecular flexibility index (Phi) is 18.8. The SMILES string of the molecule is CC(C)(c1ccc(OC(=O)Oc2ccccc2)cc1)c1ccc(OC(=O)Oc2ccccc2)cc1.CCC(CCCCCOC(=O)Oc1ccccc1)COC(=O)Oc1ccccc1. The molecular weight excluding hydrogens is 817 g/mol. The molecule has 64 heavy (non-hydrogen) atoms. The van der Waals surface area contributed by atoms with E-state index in [1.54, 1.807) is 121 Å². The highest BCUT2D eigenvalue weighted by Crippen LogP contribution is 2.33. The van der Waals surface area contributed by atoms with Gasteiger partial charge in [0.15, 0.2) is 0 Å². The van der Waals surface area contributed by atoms with E-state index in [0.717, 1.165) is 43.2 Å². The fourth-order valence-electron chi connectivity index (χ4n) is 6.14. The minimum Gasteiger partial charge on any atom is -0.434 e. The molecule has 0 radical (unpaired) electrons. The Bertz CT molecular complexity index is 2200. The zero-order valence-electron chi connectivity index (χ0n) is 36.1. The first kappa shape index (κ1) is 47.4. The summed E-state index contributed by atoms with van der Waals surface area (Å²) < 4.78 is 41.3. The lowest BCUT2D eigenvalue weighted by molar-refractivity contribution is 0.0808. The van der Waals surface area contributed by atoms with E-state index < -0.39 is 24.6 Å². The summed E-state index contributed by atoms with van der Waals surface area (Å²) in [5, 5.41) is 0. The Morgan fingerprint density at radius 2 is 0.734 bits per heavy atom. The molecule has 332 valence electrons. The largest absolute Gasteiger partial charge is 0.519 e. The van der Waals surface area contributed by atoms with Crippen molar-refractivity contribution in [3.63, 3.8) is 0 Å². The van der Waals surface area contributed by atoms with Gasteiger partial charge >= 0.3 is 24.6 Å². The smallest absolute Gasteiger partial charge is 0.434 e. The Morgan fingerprint density at radius 1 is 0.406 bits per heavy atom. The van der Waals surface area contributed by atoms with Gasteiger partial charge in [-0.2, -0.15) is 0 Å². The molecule has 0 bridgehead atoms. The molecule has 0 fully saturated rings. The summed E-state index contributed by atoms with van der Waals surface area (Å²) in [6.07, 6.45) is 1.53. The zero-order valence-corrected chi connectivity index (χ0v) is 36.1. The van der Waals surface area contributed by atoms with Crippen LogP contribution in [0.15, 0.2) is 170 Å². The highest BCUT2D eigenvalue weighted by atomic mass is 16.7. The summed E-state index contributed by atoms with van der Waals surface area (Å²) in [6, 6.07) is 49.6. The topological polar surface area (TPSA) is 142 Å². The van der Waals surface area contributed by atoms with Crippen LogP contribution in [0.3, 0.4) is 0 Å². The molecule has 0 aliphatic heterocycles. The summed E-state index contributed by atoms with van der Waals surface area (Å²) in [5.41, 5.74) is 1.67. The number of hydrogen-bond acceptors (Lipinski definition) is 12. The zero-order chi connectivity index (χ0) is 45.4. The van der Waals surface area contributed by atoms with Gasteiger partial charge in [-0.05, 0) is 103 Å². The van der Waals surface area contributed by atoms with E-state index in [9.17, 15) is 19.2 Å². The van der Waals surface area contributed by atoms with Gasteiger partial charge in [0.2, 0.25) is 0 Å². The van der Waals surface area contributed by atoms with Crippen molar-refractivity contribution in [3.05, 3.63) is 181 Å². The van der Waals surface area contributed by atoms with Crippen molar-refractivity contribution in [1.82, 2.24) is 0 Å². The Labute approximate surface area is 373 Å². The van der Waals surface area contributed by atoms with E-state index in [1.165, 1.54) is 0 Å². The van der Waals surface area contributed by atoms with Crippen LogP contribution >= 0.6 is 0 Å². The number of carbonyl (C=O) groups is 4. The summed E-state index contributed by atoms with van der Waals surface area (Å²) in [6.45, 7) is 6.88. The van der Waals surface area contributed by atoms with Crippen molar-refractivity contribution < 1.29 is 57.1 Å². The van der Waals surface area contributed by atoms with Crippen molar-refractivity contribution >= 4 is 24.6 Å². The molecule has 0 heterocycles. The number of para-hydroxylation sites is 4. The molecule has 0 aliphatic rings. The molecule has 12 heteroatoms. The first-order valence-corrected chi connectivity index (χ1v) is 21.0. The van der Waals surface area contributed by atoms with Gasteiger partial charge in [0, 0.05) is 5.41 Å². The van der Waals surface area contributed by atoms with E-state index >= 15 is 0 Å². The second-order valence-corrected chi connectivity index (χ2v) is 14.8. The lowest BCUT2D eigenvalue weighted by Gasteiger charge is -2.26. The molecule has 0 saturated heterocycles. The van der Waals surface area contributed by atoms with Gasteiger partial charge in [-0.15, -0.1) is 0 Å². The van der Waals surface area contributed by atoms with Crippen LogP contribution in [-0.4, -0.2) is 37.8 Å². The third-order valence-electron chi connectivity index (χ3n) is 9.82. The molecule has 0 spiro atoms. The fourth-order valence-corrected chi connectivity index (χ4v) is 6.14. The molecule has 0 saturated carbocycles. The molecule has 0 aromatic heterocycles. The standard InChI is InChI=1S/C29H24O6.C23H28O6/c1-29(2,21-13-17-25(18-14-21)34-27(30)32-23-9-5-3-6-10-23)22-15-19-26(20-16-22)35-28(31)33-24-11-7-4-8-12-24;1-2-19(18-27-23(25)29-21-15-9-4-10-16-21)12-6-5-11-17-26-22(24)28-20-13-7-3-8-14-20/h3-20H,1-2H3;3-4,7-10,13-16,19H,2,5-6,11-12,17-18H2,1H3. The van der Waals surface area contributed by atoms with Crippen molar-refractivity contribution in [1.29, 1.82) is 0 Å². The number of benzene rings is 6. The van der Waals surface area contributed by atoms with Crippen LogP contribution in [0.25, 0.3) is 0 Å². The van der Waals surface area contributed by atoms with Gasteiger partial charge < -0.3 is 37.9 Å². The Balaban J connectivity index is 0.000000246. The van der Waals surface area contributed by atoms with Gasteiger partial charge in [0.25, 0.3) is 0 Å². The van der Waals surface area contributed by atoms with Crippen molar-refractivity contribution in [2.45, 2.75) is 58.3 Å². The molecule has 6 rings (SSSR count). The van der Waals surface area contributed by atoms with E-state index in [2.05, 4.69) is 20.8 Å². The first-order chi connectivity index (χ1) is 31.1.